The number of phenolic OH excluding ortho intramolecular Hbond substituents is 1. The Kier molecular flexibility index (Phi) is 6.11. The summed E-state index contributed by atoms with van der Waals surface area (Å²) in [6.45, 7) is 1.53. The van der Waals surface area contributed by atoms with Crippen LogP contribution in [0.25, 0.3) is 22.5 Å². The summed E-state index contributed by atoms with van der Waals surface area (Å²) in [5.74, 6) is -1.13. The van der Waals surface area contributed by atoms with Crippen molar-refractivity contribution < 1.29 is 24.5 Å². The second kappa shape index (κ2) is 9.30. The van der Waals surface area contributed by atoms with Crippen LogP contribution in [0.2, 0.25) is 0 Å². The highest BCUT2D eigenvalue weighted by molar-refractivity contribution is 5.77. The van der Waals surface area contributed by atoms with E-state index in [1.54, 1.807) is 54.7 Å². The van der Waals surface area contributed by atoms with E-state index < -0.39 is 18.0 Å². The molecule has 2 heterocycles. The molecule has 0 aliphatic heterocycles. The summed E-state index contributed by atoms with van der Waals surface area (Å²) >= 11 is 0. The Bertz CT molecular complexity index is 1300. The lowest BCUT2D eigenvalue weighted by Crippen LogP contribution is -2.24. The SMILES string of the molecule is CCC(C(=O)Oc1cccc(-c2cn(CC(=O)O)nn2)c1)n1cc(-c2cccc(O)c2)nn1. The third-order valence-corrected chi connectivity index (χ3v) is 4.81. The number of aromatic nitrogens is 6. The first-order valence-electron chi connectivity index (χ1n) is 10.1. The zero-order valence-corrected chi connectivity index (χ0v) is 17.6. The van der Waals surface area contributed by atoms with E-state index in [4.69, 9.17) is 9.84 Å². The van der Waals surface area contributed by atoms with E-state index in [-0.39, 0.29) is 12.3 Å². The number of aromatic hydroxyl groups is 1. The summed E-state index contributed by atoms with van der Waals surface area (Å²) in [5, 5.41) is 34.4. The molecule has 0 spiro atoms. The van der Waals surface area contributed by atoms with Crippen LogP contribution in [0.5, 0.6) is 11.5 Å². The lowest BCUT2D eigenvalue weighted by molar-refractivity contribution is -0.139. The van der Waals surface area contributed by atoms with Gasteiger partial charge in [0.15, 0.2) is 6.04 Å². The fourth-order valence-corrected chi connectivity index (χ4v) is 3.24. The number of carbonyl (C=O) groups excluding carboxylic acids is 1. The van der Waals surface area contributed by atoms with Gasteiger partial charge in [0.2, 0.25) is 0 Å². The molecular formula is C22H20N6O5. The van der Waals surface area contributed by atoms with Crippen LogP contribution in [-0.4, -0.2) is 52.1 Å². The number of ether oxygens (including phenoxy) is 1. The van der Waals surface area contributed by atoms with Crippen molar-refractivity contribution in [2.75, 3.05) is 0 Å². The number of carboxylic acid groups (broad SMARTS) is 1. The molecule has 168 valence electrons. The van der Waals surface area contributed by atoms with Crippen molar-refractivity contribution in [3.63, 3.8) is 0 Å². The topological polar surface area (TPSA) is 145 Å². The minimum atomic E-state index is -1.03. The third kappa shape index (κ3) is 5.03. The van der Waals surface area contributed by atoms with Crippen LogP contribution in [0.3, 0.4) is 0 Å². The van der Waals surface area contributed by atoms with Crippen LogP contribution >= 0.6 is 0 Å². The van der Waals surface area contributed by atoms with E-state index in [2.05, 4.69) is 20.6 Å². The number of nitrogens with zero attached hydrogens (tertiary/aromatic N) is 6. The molecule has 0 radical (unpaired) electrons. The zero-order valence-electron chi connectivity index (χ0n) is 17.6. The molecule has 0 amide bonds. The van der Waals surface area contributed by atoms with Crippen LogP contribution < -0.4 is 4.74 Å². The van der Waals surface area contributed by atoms with Crippen LogP contribution in [0.15, 0.2) is 60.9 Å². The normalized spacial score (nSPS) is 11.8. The summed E-state index contributed by atoms with van der Waals surface area (Å²) in [6.07, 6.45) is 3.55. The molecule has 2 N–H and O–H groups in total. The van der Waals surface area contributed by atoms with Gasteiger partial charge in [0, 0.05) is 11.1 Å². The summed E-state index contributed by atoms with van der Waals surface area (Å²) in [5.41, 5.74) is 2.27. The summed E-state index contributed by atoms with van der Waals surface area (Å²) in [7, 11) is 0. The minimum Gasteiger partial charge on any atom is -0.508 e. The molecule has 2 aromatic heterocycles. The highest BCUT2D eigenvalue weighted by Gasteiger charge is 2.23. The smallest absolute Gasteiger partial charge is 0.336 e. The number of rotatable bonds is 8. The fourth-order valence-electron chi connectivity index (χ4n) is 3.24. The van der Waals surface area contributed by atoms with Crippen LogP contribution in [0.1, 0.15) is 19.4 Å². The maximum Gasteiger partial charge on any atom is 0.336 e. The molecule has 0 fully saturated rings. The number of esters is 1. The number of hydrogen-bond acceptors (Lipinski definition) is 8. The number of carboxylic acids is 1. The first-order valence-corrected chi connectivity index (χ1v) is 10.1. The van der Waals surface area contributed by atoms with Gasteiger partial charge >= 0.3 is 11.9 Å². The van der Waals surface area contributed by atoms with E-state index >= 15 is 0 Å². The van der Waals surface area contributed by atoms with Crippen LogP contribution in [-0.2, 0) is 16.1 Å². The average Bonchev–Trinajstić information content (AvgIpc) is 3.44. The Morgan fingerprint density at radius 1 is 1.00 bits per heavy atom. The van der Waals surface area contributed by atoms with Crippen molar-refractivity contribution in [1.29, 1.82) is 0 Å². The maximum absolute atomic E-state index is 12.9. The zero-order chi connectivity index (χ0) is 23.4. The molecule has 1 unspecified atom stereocenters. The van der Waals surface area contributed by atoms with E-state index in [0.717, 1.165) is 0 Å². The lowest BCUT2D eigenvalue weighted by atomic mass is 10.1. The van der Waals surface area contributed by atoms with E-state index in [0.29, 0.717) is 34.7 Å². The van der Waals surface area contributed by atoms with Gasteiger partial charge in [-0.15, -0.1) is 10.2 Å². The molecule has 2 aromatic carbocycles. The number of carbonyl (C=O) groups is 2. The second-order valence-electron chi connectivity index (χ2n) is 7.20. The summed E-state index contributed by atoms with van der Waals surface area (Å²) in [6, 6.07) is 12.6. The van der Waals surface area contributed by atoms with Gasteiger partial charge in [-0.2, -0.15) is 0 Å². The highest BCUT2D eigenvalue weighted by Crippen LogP contribution is 2.25. The molecule has 0 aliphatic rings. The quantitative estimate of drug-likeness (QED) is 0.307. The number of hydrogen-bond donors (Lipinski definition) is 2. The molecule has 4 aromatic rings. The Morgan fingerprint density at radius 3 is 2.42 bits per heavy atom. The van der Waals surface area contributed by atoms with Gasteiger partial charge < -0.3 is 14.9 Å². The molecule has 11 heteroatoms. The molecule has 0 bridgehead atoms. The first-order chi connectivity index (χ1) is 15.9. The molecule has 0 saturated heterocycles. The third-order valence-electron chi connectivity index (χ3n) is 4.81. The van der Waals surface area contributed by atoms with E-state index in [1.165, 1.54) is 15.6 Å². The maximum atomic E-state index is 12.9. The molecular weight excluding hydrogens is 428 g/mol. The summed E-state index contributed by atoms with van der Waals surface area (Å²) < 4.78 is 8.21. The standard InChI is InChI=1S/C22H20N6O5/c1-2-20(28-12-19(24-26-28)14-5-3-7-16(29)9-14)22(32)33-17-8-4-6-15(10-17)18-11-27(25-23-18)13-21(30)31/h3-12,20,29H,2,13H2,1H3,(H,30,31). The predicted octanol–water partition coefficient (Wildman–Crippen LogP) is 2.55. The van der Waals surface area contributed by atoms with Crippen molar-refractivity contribution in [2.24, 2.45) is 0 Å². The van der Waals surface area contributed by atoms with Gasteiger partial charge in [-0.25, -0.2) is 14.2 Å². The van der Waals surface area contributed by atoms with Gasteiger partial charge in [-0.3, -0.25) is 4.79 Å². The monoisotopic (exact) mass is 448 g/mol. The molecule has 0 aliphatic carbocycles. The molecule has 11 nitrogen and oxygen atoms in total. The van der Waals surface area contributed by atoms with Gasteiger partial charge in [-0.1, -0.05) is 41.6 Å². The Balaban J connectivity index is 1.50. The van der Waals surface area contributed by atoms with E-state index in [1.807, 2.05) is 6.92 Å². The van der Waals surface area contributed by atoms with Gasteiger partial charge in [0.1, 0.15) is 29.4 Å². The number of aliphatic carboxylic acids is 1. The van der Waals surface area contributed by atoms with E-state index in [9.17, 15) is 14.7 Å². The van der Waals surface area contributed by atoms with Crippen molar-refractivity contribution in [3.05, 3.63) is 60.9 Å². The largest absolute Gasteiger partial charge is 0.508 e. The average molecular weight is 448 g/mol. The predicted molar refractivity (Wildman–Crippen MR) is 115 cm³/mol. The van der Waals surface area contributed by atoms with Crippen LogP contribution in [0, 0.1) is 0 Å². The van der Waals surface area contributed by atoms with Gasteiger partial charge in [0.25, 0.3) is 0 Å². The Morgan fingerprint density at radius 2 is 1.70 bits per heavy atom. The van der Waals surface area contributed by atoms with Crippen molar-refractivity contribution in [2.45, 2.75) is 25.9 Å². The van der Waals surface area contributed by atoms with Crippen molar-refractivity contribution in [3.8, 4) is 34.0 Å². The minimum absolute atomic E-state index is 0.108. The van der Waals surface area contributed by atoms with Crippen molar-refractivity contribution >= 4 is 11.9 Å². The first kappa shape index (κ1) is 21.7. The molecule has 1 atom stereocenters. The molecule has 0 saturated carbocycles. The van der Waals surface area contributed by atoms with Gasteiger partial charge in [-0.05, 0) is 30.7 Å². The molecule has 33 heavy (non-hydrogen) atoms. The van der Waals surface area contributed by atoms with Crippen LogP contribution in [0.4, 0.5) is 0 Å². The number of benzene rings is 2. The molecule has 4 rings (SSSR count). The van der Waals surface area contributed by atoms with Gasteiger partial charge in [0.05, 0.1) is 12.4 Å². The Labute approximate surface area is 187 Å². The van der Waals surface area contributed by atoms with Crippen molar-refractivity contribution in [1.82, 2.24) is 30.0 Å². The highest BCUT2D eigenvalue weighted by atomic mass is 16.5. The lowest BCUT2D eigenvalue weighted by Gasteiger charge is -2.14. The fraction of sp³-hybridized carbons (Fsp3) is 0.182. The number of phenols is 1. The second-order valence-corrected chi connectivity index (χ2v) is 7.20. The summed E-state index contributed by atoms with van der Waals surface area (Å²) in [4.78, 5) is 23.7. The Hall–Kier alpha value is -4.54.